The maximum absolute atomic E-state index is 6.04. The topological polar surface area (TPSA) is 68.5 Å². The molecule has 1 aliphatic heterocycles. The number of rotatable bonds is 8. The zero-order chi connectivity index (χ0) is 21.6. The Kier molecular flexibility index (Phi) is 6.79. The van der Waals surface area contributed by atoms with Crippen LogP contribution in [0.3, 0.4) is 0 Å². The van der Waals surface area contributed by atoms with Gasteiger partial charge in [0.2, 0.25) is 5.95 Å². The van der Waals surface area contributed by atoms with E-state index in [1.165, 1.54) is 0 Å². The summed E-state index contributed by atoms with van der Waals surface area (Å²) in [6, 6.07) is 12.0. The summed E-state index contributed by atoms with van der Waals surface area (Å²) in [7, 11) is 5.86. The van der Waals surface area contributed by atoms with Crippen LogP contribution in [0.2, 0.25) is 0 Å². The number of morpholine rings is 1. The van der Waals surface area contributed by atoms with Crippen LogP contribution in [0.15, 0.2) is 48.8 Å². The normalized spacial score (nSPS) is 16.9. The van der Waals surface area contributed by atoms with Gasteiger partial charge in [-0.3, -0.25) is 9.58 Å². The Morgan fingerprint density at radius 3 is 2.68 bits per heavy atom. The van der Waals surface area contributed by atoms with E-state index in [0.717, 1.165) is 54.7 Å². The van der Waals surface area contributed by atoms with Gasteiger partial charge in [0.25, 0.3) is 0 Å². The predicted octanol–water partition coefficient (Wildman–Crippen LogP) is 2.47. The molecule has 31 heavy (non-hydrogen) atoms. The fraction of sp³-hybridized carbons (Fsp3) is 0.435. The van der Waals surface area contributed by atoms with Crippen LogP contribution >= 0.6 is 0 Å². The predicted molar refractivity (Wildman–Crippen MR) is 119 cm³/mol. The average molecular weight is 423 g/mol. The van der Waals surface area contributed by atoms with Crippen molar-refractivity contribution in [2.24, 2.45) is 7.05 Å². The molecule has 0 saturated carbocycles. The van der Waals surface area contributed by atoms with Crippen molar-refractivity contribution >= 4 is 5.95 Å². The highest BCUT2D eigenvalue weighted by Gasteiger charge is 2.25. The summed E-state index contributed by atoms with van der Waals surface area (Å²) < 4.78 is 13.8. The van der Waals surface area contributed by atoms with Gasteiger partial charge in [0, 0.05) is 70.8 Å². The van der Waals surface area contributed by atoms with Crippen molar-refractivity contribution in [3.63, 3.8) is 0 Å². The van der Waals surface area contributed by atoms with E-state index in [2.05, 4.69) is 20.9 Å². The molecule has 164 valence electrons. The van der Waals surface area contributed by atoms with Crippen LogP contribution in [0.4, 0.5) is 5.95 Å². The monoisotopic (exact) mass is 422 g/mol. The van der Waals surface area contributed by atoms with Crippen LogP contribution in [-0.4, -0.2) is 65.0 Å². The number of hydrogen-bond donors (Lipinski definition) is 0. The summed E-state index contributed by atoms with van der Waals surface area (Å²) in [6.45, 7) is 3.79. The minimum atomic E-state index is -0.0364. The number of nitrogens with zero attached hydrogens (tertiary/aromatic N) is 6. The molecular weight excluding hydrogens is 392 g/mol. The maximum atomic E-state index is 6.04. The first-order valence-corrected chi connectivity index (χ1v) is 10.6. The third-order valence-electron chi connectivity index (χ3n) is 5.34. The van der Waals surface area contributed by atoms with Crippen molar-refractivity contribution in [1.82, 2.24) is 24.6 Å². The van der Waals surface area contributed by atoms with Gasteiger partial charge >= 0.3 is 0 Å². The molecule has 1 fully saturated rings. The molecule has 1 aliphatic rings. The summed E-state index contributed by atoms with van der Waals surface area (Å²) in [5.74, 6) is 1.61. The molecule has 8 nitrogen and oxygen atoms in total. The van der Waals surface area contributed by atoms with E-state index in [0.29, 0.717) is 13.2 Å². The third-order valence-corrected chi connectivity index (χ3v) is 5.34. The van der Waals surface area contributed by atoms with Gasteiger partial charge in [-0.2, -0.15) is 5.10 Å². The summed E-state index contributed by atoms with van der Waals surface area (Å²) in [4.78, 5) is 13.1. The Bertz CT molecular complexity index is 958. The molecule has 0 radical (unpaired) electrons. The average Bonchev–Trinajstić information content (AvgIpc) is 3.16. The van der Waals surface area contributed by atoms with E-state index < -0.39 is 0 Å². The van der Waals surface area contributed by atoms with Crippen LogP contribution in [0.1, 0.15) is 23.1 Å². The van der Waals surface area contributed by atoms with E-state index in [9.17, 15) is 0 Å². The number of aryl methyl sites for hydroxylation is 1. The highest BCUT2D eigenvalue weighted by molar-refractivity contribution is 5.26. The molecule has 0 N–H and O–H groups in total. The van der Waals surface area contributed by atoms with Crippen molar-refractivity contribution < 1.29 is 9.47 Å². The van der Waals surface area contributed by atoms with Gasteiger partial charge < -0.3 is 14.4 Å². The van der Waals surface area contributed by atoms with Gasteiger partial charge in [-0.15, -0.1) is 0 Å². The Morgan fingerprint density at radius 2 is 1.94 bits per heavy atom. The van der Waals surface area contributed by atoms with Crippen LogP contribution in [0.5, 0.6) is 5.75 Å². The van der Waals surface area contributed by atoms with Gasteiger partial charge in [-0.1, -0.05) is 18.2 Å². The van der Waals surface area contributed by atoms with E-state index in [4.69, 9.17) is 14.6 Å². The first kappa shape index (κ1) is 21.3. The molecule has 3 aromatic rings. The minimum absolute atomic E-state index is 0.0364. The molecule has 0 amide bonds. The maximum Gasteiger partial charge on any atom is 0.224 e. The zero-order valence-electron chi connectivity index (χ0n) is 18.4. The van der Waals surface area contributed by atoms with E-state index >= 15 is 0 Å². The summed E-state index contributed by atoms with van der Waals surface area (Å²) in [5, 5.41) is 4.71. The summed E-state index contributed by atoms with van der Waals surface area (Å²) in [5.41, 5.74) is 3.21. The van der Waals surface area contributed by atoms with Gasteiger partial charge in [0.15, 0.2) is 0 Å². The molecule has 1 saturated heterocycles. The van der Waals surface area contributed by atoms with Crippen LogP contribution < -0.4 is 9.64 Å². The molecule has 1 aromatic carbocycles. The molecular formula is C23H30N6O2. The van der Waals surface area contributed by atoms with Crippen molar-refractivity contribution in [1.29, 1.82) is 0 Å². The molecule has 4 rings (SSSR count). The second-order valence-electron chi connectivity index (χ2n) is 7.98. The summed E-state index contributed by atoms with van der Waals surface area (Å²) >= 11 is 0. The van der Waals surface area contributed by atoms with Crippen molar-refractivity contribution in [2.75, 3.05) is 45.3 Å². The van der Waals surface area contributed by atoms with Crippen LogP contribution in [-0.2, 0) is 24.8 Å². The number of ether oxygens (including phenoxy) is 2. The molecule has 3 heterocycles. The fourth-order valence-corrected chi connectivity index (χ4v) is 3.66. The van der Waals surface area contributed by atoms with Crippen molar-refractivity contribution in [2.45, 2.75) is 19.1 Å². The molecule has 2 aromatic heterocycles. The number of aromatic nitrogens is 4. The lowest BCUT2D eigenvalue weighted by atomic mass is 10.1. The molecule has 0 bridgehead atoms. The van der Waals surface area contributed by atoms with E-state index in [1.54, 1.807) is 0 Å². The minimum Gasteiger partial charge on any atom is -0.493 e. The molecule has 1 atom stereocenters. The fourth-order valence-electron chi connectivity index (χ4n) is 3.66. The Morgan fingerprint density at radius 1 is 1.16 bits per heavy atom. The number of para-hydroxylation sites is 1. The quantitative estimate of drug-likeness (QED) is 0.552. The third kappa shape index (κ3) is 5.59. The number of hydrogen-bond acceptors (Lipinski definition) is 7. The van der Waals surface area contributed by atoms with Gasteiger partial charge in [-0.05, 0) is 18.2 Å². The SMILES string of the molecule is CN(C)c1ncc(CN2CCO[C@@H](c3cc(CCOc4ccccc4)n(C)n3)C2)cn1. The first-order valence-electron chi connectivity index (χ1n) is 10.6. The van der Waals surface area contributed by atoms with Crippen molar-refractivity contribution in [3.8, 4) is 5.75 Å². The van der Waals surface area contributed by atoms with E-state index in [-0.39, 0.29) is 6.10 Å². The largest absolute Gasteiger partial charge is 0.493 e. The Balaban J connectivity index is 1.33. The summed E-state index contributed by atoms with van der Waals surface area (Å²) in [6.07, 6.45) is 4.56. The smallest absolute Gasteiger partial charge is 0.224 e. The second-order valence-corrected chi connectivity index (χ2v) is 7.98. The van der Waals surface area contributed by atoms with Gasteiger partial charge in [0.1, 0.15) is 11.9 Å². The lowest BCUT2D eigenvalue weighted by Gasteiger charge is -2.32. The van der Waals surface area contributed by atoms with E-state index in [1.807, 2.05) is 73.5 Å². The van der Waals surface area contributed by atoms with Crippen molar-refractivity contribution in [3.05, 3.63) is 65.7 Å². The molecule has 0 aliphatic carbocycles. The number of benzene rings is 1. The lowest BCUT2D eigenvalue weighted by Crippen LogP contribution is -2.38. The second kappa shape index (κ2) is 9.89. The molecule has 8 heteroatoms. The molecule has 0 spiro atoms. The molecule has 0 unspecified atom stereocenters. The van der Waals surface area contributed by atoms with Crippen LogP contribution in [0, 0.1) is 0 Å². The van der Waals surface area contributed by atoms with Crippen LogP contribution in [0.25, 0.3) is 0 Å². The highest BCUT2D eigenvalue weighted by atomic mass is 16.5. The zero-order valence-corrected chi connectivity index (χ0v) is 18.4. The lowest BCUT2D eigenvalue weighted by molar-refractivity contribution is -0.0352. The van der Waals surface area contributed by atoms with Gasteiger partial charge in [0.05, 0.1) is 18.9 Å². The highest BCUT2D eigenvalue weighted by Crippen LogP contribution is 2.23. The van der Waals surface area contributed by atoms with Gasteiger partial charge in [-0.25, -0.2) is 9.97 Å². The standard InChI is InChI=1S/C23H30N6O2/c1-27(2)23-24-14-18(15-25-23)16-29-10-12-31-22(17-29)21-13-19(28(3)26-21)9-11-30-20-7-5-4-6-8-20/h4-8,13-15,22H,9-12,16-17H2,1-3H3/t22-/m1/s1. The first-order chi connectivity index (χ1) is 15.1. The Labute approximate surface area is 183 Å². The Hall–Kier alpha value is -2.97. The number of anilines is 1.